The van der Waals surface area contributed by atoms with Crippen LogP contribution in [0, 0.1) is 0 Å². The van der Waals surface area contributed by atoms with E-state index in [-0.39, 0.29) is 18.0 Å². The second-order valence-corrected chi connectivity index (χ2v) is 5.43. The predicted molar refractivity (Wildman–Crippen MR) is 74.8 cm³/mol. The number of carbonyl (C=O) groups excluding carboxylic acids is 1. The quantitative estimate of drug-likeness (QED) is 0.793. The topological polar surface area (TPSA) is 46.3 Å². The van der Waals surface area contributed by atoms with Gasteiger partial charge in [0.1, 0.15) is 0 Å². The molecule has 2 atom stereocenters. The van der Waals surface area contributed by atoms with Crippen LogP contribution in [0.25, 0.3) is 0 Å². The first-order chi connectivity index (χ1) is 8.52. The van der Waals surface area contributed by atoms with Crippen LogP contribution >= 0.6 is 11.6 Å². The van der Waals surface area contributed by atoms with E-state index in [2.05, 4.69) is 13.8 Å². The number of nitrogens with two attached hydrogens (primary N) is 1. The predicted octanol–water partition coefficient (Wildman–Crippen LogP) is 3.33. The van der Waals surface area contributed by atoms with Crippen LogP contribution in [0.3, 0.4) is 0 Å². The molecular weight excluding hydrogens is 248 g/mol. The zero-order valence-corrected chi connectivity index (χ0v) is 11.6. The number of nitrogens with zero attached hydrogens (tertiary/aromatic N) is 1. The van der Waals surface area contributed by atoms with Crippen molar-refractivity contribution in [3.63, 3.8) is 0 Å². The minimum absolute atomic E-state index is 0.00741. The summed E-state index contributed by atoms with van der Waals surface area (Å²) in [4.78, 5) is 14.5. The number of nitrogen functional groups attached to an aromatic ring is 1. The first-order valence-electron chi connectivity index (χ1n) is 6.39. The van der Waals surface area contributed by atoms with Gasteiger partial charge in [-0.1, -0.05) is 17.7 Å². The molecule has 1 aliphatic rings. The van der Waals surface area contributed by atoms with Crippen molar-refractivity contribution in [3.8, 4) is 0 Å². The van der Waals surface area contributed by atoms with Crippen LogP contribution in [0.15, 0.2) is 18.2 Å². The SMILES string of the molecule is C[C@@H]1CCC[C@H](C)N1C(=O)c1cccc(N)c1Cl. The van der Waals surface area contributed by atoms with Crippen molar-refractivity contribution in [2.45, 2.75) is 45.2 Å². The van der Waals surface area contributed by atoms with Crippen LogP contribution in [0.2, 0.25) is 5.02 Å². The summed E-state index contributed by atoms with van der Waals surface area (Å²) in [6.07, 6.45) is 3.28. The lowest BCUT2D eigenvalue weighted by molar-refractivity contribution is 0.0511. The van der Waals surface area contributed by atoms with Crippen LogP contribution in [0.4, 0.5) is 5.69 Å². The van der Waals surface area contributed by atoms with E-state index in [1.165, 1.54) is 6.42 Å². The Balaban J connectivity index is 2.32. The van der Waals surface area contributed by atoms with Gasteiger partial charge in [-0.15, -0.1) is 0 Å². The molecule has 0 saturated carbocycles. The van der Waals surface area contributed by atoms with Gasteiger partial charge in [-0.3, -0.25) is 4.79 Å². The first kappa shape index (κ1) is 13.2. The van der Waals surface area contributed by atoms with Crippen LogP contribution in [-0.2, 0) is 0 Å². The summed E-state index contributed by atoms with van der Waals surface area (Å²) in [6.45, 7) is 4.18. The lowest BCUT2D eigenvalue weighted by atomic mass is 9.96. The molecule has 1 saturated heterocycles. The maximum absolute atomic E-state index is 12.6. The third kappa shape index (κ3) is 2.32. The number of rotatable bonds is 1. The number of piperidine rings is 1. The number of amides is 1. The monoisotopic (exact) mass is 266 g/mol. The van der Waals surface area contributed by atoms with Gasteiger partial charge in [-0.05, 0) is 45.2 Å². The third-order valence-electron chi connectivity index (χ3n) is 3.69. The maximum atomic E-state index is 12.6. The number of hydrogen-bond donors (Lipinski definition) is 1. The molecule has 0 aromatic heterocycles. The molecule has 0 unspecified atom stereocenters. The Kier molecular flexibility index (Phi) is 3.81. The highest BCUT2D eigenvalue weighted by molar-refractivity contribution is 6.36. The number of carbonyl (C=O) groups is 1. The Morgan fingerprint density at radius 2 is 1.94 bits per heavy atom. The van der Waals surface area contributed by atoms with E-state index in [4.69, 9.17) is 17.3 Å². The van der Waals surface area contributed by atoms with Crippen LogP contribution in [-0.4, -0.2) is 22.9 Å². The normalized spacial score (nSPS) is 24.1. The first-order valence-corrected chi connectivity index (χ1v) is 6.76. The highest BCUT2D eigenvalue weighted by Gasteiger charge is 2.30. The summed E-state index contributed by atoms with van der Waals surface area (Å²) in [7, 11) is 0. The van der Waals surface area contributed by atoms with E-state index in [1.54, 1.807) is 18.2 Å². The van der Waals surface area contributed by atoms with Gasteiger partial charge in [-0.2, -0.15) is 0 Å². The van der Waals surface area contributed by atoms with Crippen molar-refractivity contribution in [2.75, 3.05) is 5.73 Å². The van der Waals surface area contributed by atoms with E-state index < -0.39 is 0 Å². The molecule has 3 nitrogen and oxygen atoms in total. The molecule has 0 aliphatic carbocycles. The Bertz CT molecular complexity index is 451. The molecule has 1 heterocycles. The molecular formula is C14H19ClN2O. The molecule has 18 heavy (non-hydrogen) atoms. The molecule has 0 bridgehead atoms. The number of likely N-dealkylation sites (tertiary alicyclic amines) is 1. The largest absolute Gasteiger partial charge is 0.398 e. The fourth-order valence-electron chi connectivity index (χ4n) is 2.68. The molecule has 98 valence electrons. The van der Waals surface area contributed by atoms with Crippen LogP contribution in [0.1, 0.15) is 43.5 Å². The Hall–Kier alpha value is -1.22. The van der Waals surface area contributed by atoms with Crippen LogP contribution < -0.4 is 5.73 Å². The van der Waals surface area contributed by atoms with Crippen molar-refractivity contribution in [3.05, 3.63) is 28.8 Å². The van der Waals surface area contributed by atoms with Crippen LogP contribution in [0.5, 0.6) is 0 Å². The number of anilines is 1. The minimum atomic E-state index is -0.00741. The fourth-order valence-corrected chi connectivity index (χ4v) is 2.88. The van der Waals surface area contributed by atoms with Gasteiger partial charge >= 0.3 is 0 Å². The van der Waals surface area contributed by atoms with Gasteiger partial charge in [0.15, 0.2) is 0 Å². The molecule has 2 rings (SSSR count). The standard InChI is InChI=1S/C14H19ClN2O/c1-9-5-3-6-10(2)17(9)14(18)11-7-4-8-12(16)13(11)15/h4,7-10H,3,5-6,16H2,1-2H3/t9-,10+. The zero-order chi connectivity index (χ0) is 13.3. The molecule has 2 N–H and O–H groups in total. The van der Waals surface area contributed by atoms with Gasteiger partial charge in [0, 0.05) is 12.1 Å². The van der Waals surface area contributed by atoms with E-state index in [0.29, 0.717) is 16.3 Å². The zero-order valence-electron chi connectivity index (χ0n) is 10.8. The molecule has 4 heteroatoms. The summed E-state index contributed by atoms with van der Waals surface area (Å²) >= 11 is 6.13. The lowest BCUT2D eigenvalue weighted by Crippen LogP contribution is -2.47. The Labute approximate surface area is 113 Å². The smallest absolute Gasteiger partial charge is 0.255 e. The van der Waals surface area contributed by atoms with Crippen molar-refractivity contribution >= 4 is 23.2 Å². The molecule has 1 aromatic carbocycles. The number of benzene rings is 1. The summed E-state index contributed by atoms with van der Waals surface area (Å²) in [5.74, 6) is -0.00741. The highest BCUT2D eigenvalue weighted by atomic mass is 35.5. The Morgan fingerprint density at radius 3 is 2.56 bits per heavy atom. The second kappa shape index (κ2) is 5.19. The summed E-state index contributed by atoms with van der Waals surface area (Å²) in [5, 5.41) is 0.368. The second-order valence-electron chi connectivity index (χ2n) is 5.05. The third-order valence-corrected chi connectivity index (χ3v) is 4.11. The average molecular weight is 267 g/mol. The molecule has 1 fully saturated rings. The van der Waals surface area contributed by atoms with Gasteiger partial charge in [0.25, 0.3) is 5.91 Å². The van der Waals surface area contributed by atoms with Gasteiger partial charge in [-0.25, -0.2) is 0 Å². The number of halogens is 1. The van der Waals surface area contributed by atoms with E-state index in [9.17, 15) is 4.79 Å². The number of hydrogen-bond acceptors (Lipinski definition) is 2. The van der Waals surface area contributed by atoms with Crippen molar-refractivity contribution in [1.82, 2.24) is 4.90 Å². The van der Waals surface area contributed by atoms with E-state index in [0.717, 1.165) is 12.8 Å². The van der Waals surface area contributed by atoms with E-state index >= 15 is 0 Å². The van der Waals surface area contributed by atoms with Crippen molar-refractivity contribution in [2.24, 2.45) is 0 Å². The fraction of sp³-hybridized carbons (Fsp3) is 0.500. The lowest BCUT2D eigenvalue weighted by Gasteiger charge is -2.39. The molecule has 0 radical (unpaired) electrons. The Morgan fingerprint density at radius 1 is 1.33 bits per heavy atom. The summed E-state index contributed by atoms with van der Waals surface area (Å²) < 4.78 is 0. The summed E-state index contributed by atoms with van der Waals surface area (Å²) in [6, 6.07) is 5.75. The molecule has 1 aliphatic heterocycles. The maximum Gasteiger partial charge on any atom is 0.255 e. The molecule has 1 aromatic rings. The van der Waals surface area contributed by atoms with Gasteiger partial charge < -0.3 is 10.6 Å². The van der Waals surface area contributed by atoms with E-state index in [1.807, 2.05) is 4.90 Å². The molecule has 0 spiro atoms. The molecule has 1 amide bonds. The average Bonchev–Trinajstić information content (AvgIpc) is 2.32. The van der Waals surface area contributed by atoms with Gasteiger partial charge in [0.05, 0.1) is 16.3 Å². The van der Waals surface area contributed by atoms with Crippen molar-refractivity contribution < 1.29 is 4.79 Å². The van der Waals surface area contributed by atoms with Crippen molar-refractivity contribution in [1.29, 1.82) is 0 Å². The minimum Gasteiger partial charge on any atom is -0.398 e. The van der Waals surface area contributed by atoms with Gasteiger partial charge in [0.2, 0.25) is 0 Å². The highest BCUT2D eigenvalue weighted by Crippen LogP contribution is 2.29. The summed E-state index contributed by atoms with van der Waals surface area (Å²) in [5.41, 5.74) is 6.72.